The molecule has 6 heteroatoms. The van der Waals surface area contributed by atoms with Crippen LogP contribution in [0.5, 0.6) is 0 Å². The molecule has 6 nitrogen and oxygen atoms in total. The van der Waals surface area contributed by atoms with Gasteiger partial charge < -0.3 is 4.42 Å². The molecule has 0 bridgehead atoms. The van der Waals surface area contributed by atoms with E-state index in [1.165, 1.54) is 16.2 Å². The average molecular weight is 692 g/mol. The Labute approximate surface area is 309 Å². The average Bonchev–Trinajstić information content (AvgIpc) is 3.79. The van der Waals surface area contributed by atoms with Gasteiger partial charge in [-0.25, -0.2) is 19.9 Å². The predicted molar refractivity (Wildman–Crippen MR) is 218 cm³/mol. The molecule has 0 atom stereocenters. The van der Waals surface area contributed by atoms with Crippen molar-refractivity contribution >= 4 is 54.5 Å². The molecule has 0 aliphatic heterocycles. The zero-order valence-corrected chi connectivity index (χ0v) is 28.9. The fourth-order valence-electron chi connectivity index (χ4n) is 7.74. The minimum Gasteiger partial charge on any atom is -0.456 e. The van der Waals surface area contributed by atoms with E-state index >= 15 is 0 Å². The molecule has 0 N–H and O–H groups in total. The van der Waals surface area contributed by atoms with Crippen molar-refractivity contribution in [3.8, 4) is 51.1 Å². The highest BCUT2D eigenvalue weighted by Gasteiger charge is 2.19. The molecule has 0 aliphatic rings. The van der Waals surface area contributed by atoms with E-state index in [0.717, 1.165) is 72.0 Å². The molecule has 0 radical (unpaired) electrons. The summed E-state index contributed by atoms with van der Waals surface area (Å²) in [5.74, 6) is 2.61. The largest absolute Gasteiger partial charge is 0.456 e. The highest BCUT2D eigenvalue weighted by atomic mass is 16.3. The van der Waals surface area contributed by atoms with Crippen LogP contribution >= 0.6 is 0 Å². The van der Waals surface area contributed by atoms with Crippen LogP contribution in [0.25, 0.3) is 106 Å². The smallest absolute Gasteiger partial charge is 0.164 e. The topological polar surface area (TPSA) is 69.6 Å². The molecular formula is C48H29N5O. The standard InChI is InChI=1S/C48H29N5O/c1-3-12-31(13-4-1)46-50-47(32-14-5-2-6-15-32)52-48(51-46)35-25-26-49-44(29-35)53-40-22-20-33(28-39(40)45-36-16-8-7-11-30(36)19-23-41(45)53)34-21-24-43-38(27-34)37-17-9-10-18-42(37)54-43/h1-29H. The molecule has 0 spiro atoms. The lowest BCUT2D eigenvalue weighted by Crippen LogP contribution is -2.02. The van der Waals surface area contributed by atoms with Gasteiger partial charge in [-0.1, -0.05) is 121 Å². The normalized spacial score (nSPS) is 11.7. The third-order valence-electron chi connectivity index (χ3n) is 10.3. The fraction of sp³-hybridized carbons (Fsp3) is 0. The summed E-state index contributed by atoms with van der Waals surface area (Å²) in [4.78, 5) is 19.9. The van der Waals surface area contributed by atoms with E-state index in [2.05, 4.69) is 95.6 Å². The van der Waals surface area contributed by atoms with E-state index in [4.69, 9.17) is 24.4 Å². The number of pyridine rings is 1. The van der Waals surface area contributed by atoms with Crippen molar-refractivity contribution < 1.29 is 4.42 Å². The Morgan fingerprint density at radius 2 is 0.981 bits per heavy atom. The Morgan fingerprint density at radius 1 is 0.389 bits per heavy atom. The van der Waals surface area contributed by atoms with Crippen molar-refractivity contribution in [1.29, 1.82) is 0 Å². The van der Waals surface area contributed by atoms with Gasteiger partial charge in [0.05, 0.1) is 11.0 Å². The number of nitrogens with zero attached hydrogens (tertiary/aromatic N) is 5. The monoisotopic (exact) mass is 691 g/mol. The van der Waals surface area contributed by atoms with Gasteiger partial charge in [-0.05, 0) is 70.4 Å². The Bertz CT molecular complexity index is 3160. The third kappa shape index (κ3) is 4.89. The van der Waals surface area contributed by atoms with Crippen molar-refractivity contribution in [3.63, 3.8) is 0 Å². The molecule has 7 aromatic carbocycles. The van der Waals surface area contributed by atoms with E-state index in [1.807, 2.05) is 85.1 Å². The first-order chi connectivity index (χ1) is 26.7. The summed E-state index contributed by atoms with van der Waals surface area (Å²) in [6, 6.07) is 58.6. The first-order valence-electron chi connectivity index (χ1n) is 18.0. The van der Waals surface area contributed by atoms with Crippen LogP contribution in [0.2, 0.25) is 0 Å². The maximum atomic E-state index is 6.15. The molecule has 0 aliphatic carbocycles. The van der Waals surface area contributed by atoms with Crippen molar-refractivity contribution in [2.24, 2.45) is 0 Å². The molecule has 0 saturated carbocycles. The molecule has 0 unspecified atom stereocenters. The van der Waals surface area contributed by atoms with Gasteiger partial charge in [0, 0.05) is 44.4 Å². The Balaban J connectivity index is 1.11. The van der Waals surface area contributed by atoms with Gasteiger partial charge in [-0.15, -0.1) is 0 Å². The van der Waals surface area contributed by atoms with Crippen LogP contribution < -0.4 is 0 Å². The number of aromatic nitrogens is 5. The zero-order valence-electron chi connectivity index (χ0n) is 28.9. The minimum absolute atomic E-state index is 0.585. The molecule has 0 saturated heterocycles. The Morgan fingerprint density at radius 3 is 1.74 bits per heavy atom. The SMILES string of the molecule is c1ccc(-c2nc(-c3ccccc3)nc(-c3ccnc(-n4c5ccc(-c6ccc7oc8ccccc8c7c6)cc5c5c6ccccc6ccc54)c3)n2)cc1. The predicted octanol–water partition coefficient (Wildman–Crippen LogP) is 12.1. The summed E-state index contributed by atoms with van der Waals surface area (Å²) < 4.78 is 8.41. The summed E-state index contributed by atoms with van der Waals surface area (Å²) in [6.45, 7) is 0. The zero-order chi connectivity index (χ0) is 35.6. The molecule has 4 aromatic heterocycles. The third-order valence-corrected chi connectivity index (χ3v) is 10.3. The Hall–Kier alpha value is -7.44. The first kappa shape index (κ1) is 30.2. The number of para-hydroxylation sites is 1. The van der Waals surface area contributed by atoms with Crippen molar-refractivity contribution in [3.05, 3.63) is 176 Å². The maximum absolute atomic E-state index is 6.15. The summed E-state index contributed by atoms with van der Waals surface area (Å²) in [5.41, 5.74) is 8.91. The van der Waals surface area contributed by atoms with Crippen LogP contribution in [0.1, 0.15) is 0 Å². The second kappa shape index (κ2) is 12.1. The summed E-state index contributed by atoms with van der Waals surface area (Å²) in [7, 11) is 0. The van der Waals surface area contributed by atoms with Gasteiger partial charge >= 0.3 is 0 Å². The number of fused-ring (bicyclic) bond motifs is 8. The molecular weight excluding hydrogens is 663 g/mol. The molecule has 54 heavy (non-hydrogen) atoms. The lowest BCUT2D eigenvalue weighted by Gasteiger charge is -2.11. The van der Waals surface area contributed by atoms with E-state index in [9.17, 15) is 0 Å². The molecule has 11 aromatic rings. The van der Waals surface area contributed by atoms with Gasteiger partial charge in [-0.3, -0.25) is 4.57 Å². The number of rotatable bonds is 5. The highest BCUT2D eigenvalue weighted by Crippen LogP contribution is 2.40. The molecule has 0 amide bonds. The van der Waals surface area contributed by atoms with E-state index in [-0.39, 0.29) is 0 Å². The van der Waals surface area contributed by atoms with Crippen LogP contribution in [-0.4, -0.2) is 24.5 Å². The highest BCUT2D eigenvalue weighted by molar-refractivity contribution is 6.22. The van der Waals surface area contributed by atoms with E-state index in [0.29, 0.717) is 17.5 Å². The molecule has 11 rings (SSSR count). The summed E-state index contributed by atoms with van der Waals surface area (Å²) >= 11 is 0. The summed E-state index contributed by atoms with van der Waals surface area (Å²) in [5, 5.41) is 6.96. The second-order valence-electron chi connectivity index (χ2n) is 13.5. The quantitative estimate of drug-likeness (QED) is 0.180. The van der Waals surface area contributed by atoms with Gasteiger partial charge in [-0.2, -0.15) is 0 Å². The van der Waals surface area contributed by atoms with Gasteiger partial charge in [0.1, 0.15) is 17.0 Å². The lowest BCUT2D eigenvalue weighted by molar-refractivity contribution is 0.669. The number of hydrogen-bond acceptors (Lipinski definition) is 5. The van der Waals surface area contributed by atoms with Gasteiger partial charge in [0.25, 0.3) is 0 Å². The minimum atomic E-state index is 0.585. The van der Waals surface area contributed by atoms with E-state index in [1.54, 1.807) is 0 Å². The van der Waals surface area contributed by atoms with Crippen molar-refractivity contribution in [2.45, 2.75) is 0 Å². The van der Waals surface area contributed by atoms with Crippen LogP contribution in [0.4, 0.5) is 0 Å². The first-order valence-corrected chi connectivity index (χ1v) is 18.0. The van der Waals surface area contributed by atoms with E-state index < -0.39 is 0 Å². The maximum Gasteiger partial charge on any atom is 0.164 e. The van der Waals surface area contributed by atoms with Crippen molar-refractivity contribution in [1.82, 2.24) is 24.5 Å². The number of benzene rings is 7. The summed E-state index contributed by atoms with van der Waals surface area (Å²) in [6.07, 6.45) is 1.84. The number of furan rings is 1. The van der Waals surface area contributed by atoms with Gasteiger partial charge in [0.15, 0.2) is 17.5 Å². The fourth-order valence-corrected chi connectivity index (χ4v) is 7.74. The lowest BCUT2D eigenvalue weighted by atomic mass is 9.99. The molecule has 4 heterocycles. The van der Waals surface area contributed by atoms with Crippen LogP contribution in [0.15, 0.2) is 180 Å². The molecule has 252 valence electrons. The van der Waals surface area contributed by atoms with Crippen LogP contribution in [0, 0.1) is 0 Å². The van der Waals surface area contributed by atoms with Crippen molar-refractivity contribution in [2.75, 3.05) is 0 Å². The van der Waals surface area contributed by atoms with Gasteiger partial charge in [0.2, 0.25) is 0 Å². The van der Waals surface area contributed by atoms with Crippen LogP contribution in [0.3, 0.4) is 0 Å². The second-order valence-corrected chi connectivity index (χ2v) is 13.5. The Kier molecular flexibility index (Phi) is 6.75. The van der Waals surface area contributed by atoms with Crippen LogP contribution in [-0.2, 0) is 0 Å². The molecule has 0 fully saturated rings. The number of hydrogen-bond donors (Lipinski definition) is 0.